The van der Waals surface area contributed by atoms with E-state index in [2.05, 4.69) is 34.3 Å². The number of morpholine rings is 1. The van der Waals surface area contributed by atoms with Crippen LogP contribution in [0.2, 0.25) is 0 Å². The molecular formula is C22H28F2N6O2. The Hall–Kier alpha value is -2.85. The van der Waals surface area contributed by atoms with Crippen LogP contribution in [0.5, 0.6) is 0 Å². The highest BCUT2D eigenvalue weighted by Crippen LogP contribution is 2.34. The molecule has 3 heterocycles. The van der Waals surface area contributed by atoms with Crippen molar-refractivity contribution in [2.24, 2.45) is 0 Å². The molecule has 0 atom stereocenters. The molecule has 4 rings (SSSR count). The van der Waals surface area contributed by atoms with E-state index in [9.17, 15) is 9.18 Å². The molecule has 1 saturated heterocycles. The molecule has 32 heavy (non-hydrogen) atoms. The normalized spacial score (nSPS) is 16.3. The van der Waals surface area contributed by atoms with Gasteiger partial charge in [0, 0.05) is 50.0 Å². The van der Waals surface area contributed by atoms with E-state index in [1.54, 1.807) is 12.1 Å². The SMILES string of the molecule is CC(C)N1Cc2nc(-c3ccc(NC(=O)NCCF)cc3F)nc(N3CCOCC3)c2C1. The van der Waals surface area contributed by atoms with Crippen LogP contribution in [0.1, 0.15) is 25.1 Å². The van der Waals surface area contributed by atoms with Crippen molar-refractivity contribution in [2.75, 3.05) is 49.7 Å². The summed E-state index contributed by atoms with van der Waals surface area (Å²) in [6.07, 6.45) is 0. The minimum atomic E-state index is -0.671. The van der Waals surface area contributed by atoms with Crippen LogP contribution >= 0.6 is 0 Å². The summed E-state index contributed by atoms with van der Waals surface area (Å²) in [4.78, 5) is 25.7. The van der Waals surface area contributed by atoms with E-state index >= 15 is 4.39 Å². The van der Waals surface area contributed by atoms with Crippen molar-refractivity contribution in [1.29, 1.82) is 0 Å². The first-order chi connectivity index (χ1) is 15.5. The summed E-state index contributed by atoms with van der Waals surface area (Å²) >= 11 is 0. The lowest BCUT2D eigenvalue weighted by molar-refractivity contribution is 0.122. The number of amides is 2. The maximum Gasteiger partial charge on any atom is 0.319 e. The Balaban J connectivity index is 1.65. The van der Waals surface area contributed by atoms with Gasteiger partial charge in [0.2, 0.25) is 0 Å². The smallest absolute Gasteiger partial charge is 0.319 e. The van der Waals surface area contributed by atoms with Gasteiger partial charge in [0.15, 0.2) is 5.82 Å². The van der Waals surface area contributed by atoms with Crippen molar-refractivity contribution in [1.82, 2.24) is 20.2 Å². The average Bonchev–Trinajstić information content (AvgIpc) is 3.22. The van der Waals surface area contributed by atoms with Crippen LogP contribution in [0.25, 0.3) is 11.4 Å². The maximum absolute atomic E-state index is 15.0. The number of nitrogens with zero attached hydrogens (tertiary/aromatic N) is 4. The van der Waals surface area contributed by atoms with E-state index < -0.39 is 18.5 Å². The molecule has 0 radical (unpaired) electrons. The zero-order chi connectivity index (χ0) is 22.7. The molecule has 0 saturated carbocycles. The van der Waals surface area contributed by atoms with Gasteiger partial charge in [0.25, 0.3) is 0 Å². The van der Waals surface area contributed by atoms with Crippen LogP contribution in [-0.4, -0.2) is 66.5 Å². The van der Waals surface area contributed by atoms with E-state index in [4.69, 9.17) is 14.7 Å². The largest absolute Gasteiger partial charge is 0.378 e. The van der Waals surface area contributed by atoms with Crippen molar-refractivity contribution in [3.63, 3.8) is 0 Å². The van der Waals surface area contributed by atoms with E-state index in [-0.39, 0.29) is 17.8 Å². The zero-order valence-corrected chi connectivity index (χ0v) is 18.3. The van der Waals surface area contributed by atoms with Gasteiger partial charge in [-0.15, -0.1) is 0 Å². The molecule has 10 heteroatoms. The van der Waals surface area contributed by atoms with Gasteiger partial charge in [-0.25, -0.2) is 23.5 Å². The monoisotopic (exact) mass is 446 g/mol. The van der Waals surface area contributed by atoms with E-state index in [1.165, 1.54) is 6.07 Å². The molecule has 2 aliphatic rings. The van der Waals surface area contributed by atoms with Crippen LogP contribution in [0.15, 0.2) is 18.2 Å². The highest BCUT2D eigenvalue weighted by molar-refractivity contribution is 5.89. The minimum Gasteiger partial charge on any atom is -0.378 e. The second kappa shape index (κ2) is 9.74. The van der Waals surface area contributed by atoms with Crippen LogP contribution in [0, 0.1) is 5.82 Å². The predicted octanol–water partition coefficient (Wildman–Crippen LogP) is 2.93. The topological polar surface area (TPSA) is 82.6 Å². The summed E-state index contributed by atoms with van der Waals surface area (Å²) in [6, 6.07) is 4.12. The van der Waals surface area contributed by atoms with Crippen LogP contribution in [0.4, 0.5) is 25.1 Å². The summed E-state index contributed by atoms with van der Waals surface area (Å²) in [5.74, 6) is 0.616. The average molecular weight is 447 g/mol. The quantitative estimate of drug-likeness (QED) is 0.710. The molecule has 1 aromatic heterocycles. The second-order valence-electron chi connectivity index (χ2n) is 8.16. The molecule has 0 unspecified atom stereocenters. The molecule has 2 aliphatic heterocycles. The molecule has 0 aliphatic carbocycles. The lowest BCUT2D eigenvalue weighted by Crippen LogP contribution is -2.37. The molecule has 172 valence electrons. The summed E-state index contributed by atoms with van der Waals surface area (Å²) in [6.45, 7) is 7.67. The van der Waals surface area contributed by atoms with Gasteiger partial charge >= 0.3 is 6.03 Å². The number of aromatic nitrogens is 2. The van der Waals surface area contributed by atoms with Crippen LogP contribution in [-0.2, 0) is 17.8 Å². The van der Waals surface area contributed by atoms with Gasteiger partial charge in [0.05, 0.1) is 24.5 Å². The third-order valence-corrected chi connectivity index (χ3v) is 5.67. The first-order valence-corrected chi connectivity index (χ1v) is 10.8. The summed E-state index contributed by atoms with van der Waals surface area (Å²) in [5.41, 5.74) is 2.54. The number of hydrogen-bond donors (Lipinski definition) is 2. The molecule has 0 bridgehead atoms. The maximum atomic E-state index is 15.0. The van der Waals surface area contributed by atoms with Crippen molar-refractivity contribution < 1.29 is 18.3 Å². The Kier molecular flexibility index (Phi) is 6.80. The van der Waals surface area contributed by atoms with Crippen molar-refractivity contribution in [2.45, 2.75) is 33.0 Å². The van der Waals surface area contributed by atoms with E-state index in [0.717, 1.165) is 36.7 Å². The highest BCUT2D eigenvalue weighted by Gasteiger charge is 2.30. The van der Waals surface area contributed by atoms with Crippen molar-refractivity contribution >= 4 is 17.5 Å². The summed E-state index contributed by atoms with van der Waals surface area (Å²) in [7, 11) is 0. The Morgan fingerprint density at radius 2 is 2.00 bits per heavy atom. The summed E-state index contributed by atoms with van der Waals surface area (Å²) in [5, 5.41) is 4.83. The lowest BCUT2D eigenvalue weighted by Gasteiger charge is -2.29. The number of ether oxygens (including phenoxy) is 1. The fourth-order valence-corrected chi connectivity index (χ4v) is 3.89. The molecule has 1 fully saturated rings. The van der Waals surface area contributed by atoms with Gasteiger partial charge in [-0.05, 0) is 32.0 Å². The zero-order valence-electron chi connectivity index (χ0n) is 18.3. The molecule has 1 aromatic carbocycles. The third kappa shape index (κ3) is 4.81. The number of carbonyl (C=O) groups excluding carboxylic acids is 1. The molecule has 2 aromatic rings. The first kappa shape index (κ1) is 22.3. The number of rotatable bonds is 6. The first-order valence-electron chi connectivity index (χ1n) is 10.8. The molecule has 8 nitrogen and oxygen atoms in total. The number of carbonyl (C=O) groups is 1. The van der Waals surface area contributed by atoms with Crippen molar-refractivity contribution in [3.8, 4) is 11.4 Å². The van der Waals surface area contributed by atoms with Crippen LogP contribution < -0.4 is 15.5 Å². The minimum absolute atomic E-state index is 0.104. The summed E-state index contributed by atoms with van der Waals surface area (Å²) < 4.78 is 32.7. The molecular weight excluding hydrogens is 418 g/mol. The lowest BCUT2D eigenvalue weighted by atomic mass is 10.1. The number of benzene rings is 1. The predicted molar refractivity (Wildman–Crippen MR) is 118 cm³/mol. The number of anilines is 2. The second-order valence-corrected chi connectivity index (χ2v) is 8.16. The van der Waals surface area contributed by atoms with Gasteiger partial charge < -0.3 is 20.3 Å². The number of hydrogen-bond acceptors (Lipinski definition) is 6. The fourth-order valence-electron chi connectivity index (χ4n) is 3.89. The Morgan fingerprint density at radius 3 is 2.69 bits per heavy atom. The van der Waals surface area contributed by atoms with Gasteiger partial charge in [-0.1, -0.05) is 0 Å². The van der Waals surface area contributed by atoms with E-state index in [0.29, 0.717) is 31.6 Å². The van der Waals surface area contributed by atoms with Crippen LogP contribution in [0.3, 0.4) is 0 Å². The standard InChI is InChI=1S/C22H28F2N6O2/c1-14(2)30-12-17-19(13-30)27-20(28-21(17)29-7-9-32-10-8-29)16-4-3-15(11-18(16)24)26-22(31)25-6-5-23/h3-4,11,14H,5-10,12-13H2,1-2H3,(H2,25,26,31). The van der Waals surface area contributed by atoms with Gasteiger partial charge in [-0.2, -0.15) is 0 Å². The number of fused-ring (bicyclic) bond motifs is 1. The molecule has 2 N–H and O–H groups in total. The number of urea groups is 1. The Bertz CT molecular complexity index is 981. The number of nitrogens with one attached hydrogen (secondary N) is 2. The fraction of sp³-hybridized carbons (Fsp3) is 0.500. The number of alkyl halides is 1. The van der Waals surface area contributed by atoms with Gasteiger partial charge in [-0.3, -0.25) is 4.90 Å². The third-order valence-electron chi connectivity index (χ3n) is 5.67. The molecule has 2 amide bonds. The Morgan fingerprint density at radius 1 is 1.22 bits per heavy atom. The Labute approximate surface area is 186 Å². The van der Waals surface area contributed by atoms with Gasteiger partial charge in [0.1, 0.15) is 18.3 Å². The van der Waals surface area contributed by atoms with E-state index in [1.807, 2.05) is 0 Å². The highest BCUT2D eigenvalue weighted by atomic mass is 19.1. The molecule has 0 spiro atoms. The van der Waals surface area contributed by atoms with Crippen molar-refractivity contribution in [3.05, 3.63) is 35.3 Å². The number of halogens is 2.